The topological polar surface area (TPSA) is 119 Å². The van der Waals surface area contributed by atoms with Gasteiger partial charge in [-0.25, -0.2) is 21.6 Å². The van der Waals surface area contributed by atoms with E-state index in [2.05, 4.69) is 14.9 Å². The molecule has 0 saturated heterocycles. The number of nitrogens with zero attached hydrogens (tertiary/aromatic N) is 2. The Hall–Kier alpha value is -1.78. The molecule has 0 spiro atoms. The summed E-state index contributed by atoms with van der Waals surface area (Å²) in [5.74, 6) is 0.483. The van der Waals surface area contributed by atoms with Crippen LogP contribution in [0.15, 0.2) is 38.8 Å². The second-order valence-corrected chi connectivity index (χ2v) is 9.62. The van der Waals surface area contributed by atoms with Gasteiger partial charge in [0.1, 0.15) is 0 Å². The van der Waals surface area contributed by atoms with E-state index in [0.29, 0.717) is 12.3 Å². The van der Waals surface area contributed by atoms with Crippen LogP contribution in [0.1, 0.15) is 37.6 Å². The number of aromatic nitrogens is 2. The highest BCUT2D eigenvalue weighted by Crippen LogP contribution is 2.17. The van der Waals surface area contributed by atoms with Crippen molar-refractivity contribution in [3.05, 3.63) is 35.7 Å². The van der Waals surface area contributed by atoms with Crippen molar-refractivity contribution in [3.8, 4) is 0 Å². The number of sulfone groups is 1. The summed E-state index contributed by atoms with van der Waals surface area (Å²) in [4.78, 5) is 0.203. The number of hydrogen-bond donors (Lipinski definition) is 1. The van der Waals surface area contributed by atoms with Crippen LogP contribution in [0.2, 0.25) is 0 Å². The molecule has 0 bridgehead atoms. The molecule has 0 atom stereocenters. The van der Waals surface area contributed by atoms with Gasteiger partial charge in [-0.1, -0.05) is 31.1 Å². The zero-order chi connectivity index (χ0) is 18.7. The second-order valence-electron chi connectivity index (χ2n) is 5.96. The number of sulfonamides is 1. The van der Waals surface area contributed by atoms with Gasteiger partial charge in [-0.3, -0.25) is 0 Å². The van der Waals surface area contributed by atoms with E-state index in [1.54, 1.807) is 24.3 Å². The van der Waals surface area contributed by atoms with E-state index >= 15 is 0 Å². The summed E-state index contributed by atoms with van der Waals surface area (Å²) in [6.45, 7) is 4.24. The molecule has 1 aromatic carbocycles. The predicted octanol–water partition coefficient (Wildman–Crippen LogP) is 1.51. The van der Waals surface area contributed by atoms with Gasteiger partial charge >= 0.3 is 5.22 Å². The summed E-state index contributed by atoms with van der Waals surface area (Å²) in [5, 5.41) is 6.63. The van der Waals surface area contributed by atoms with Crippen molar-refractivity contribution in [2.75, 3.05) is 12.8 Å². The lowest BCUT2D eigenvalue weighted by Gasteiger charge is -2.08. The highest BCUT2D eigenvalue weighted by Gasteiger charge is 2.17. The van der Waals surface area contributed by atoms with Gasteiger partial charge in [-0.2, -0.15) is 0 Å². The zero-order valence-corrected chi connectivity index (χ0v) is 15.9. The normalized spacial score (nSPS) is 12.6. The van der Waals surface area contributed by atoms with E-state index in [-0.39, 0.29) is 23.8 Å². The van der Waals surface area contributed by atoms with Crippen molar-refractivity contribution in [1.29, 1.82) is 0 Å². The summed E-state index contributed by atoms with van der Waals surface area (Å²) in [5.41, 5.74) is 1.07. The average molecular weight is 387 g/mol. The Morgan fingerprint density at radius 3 is 2.24 bits per heavy atom. The van der Waals surface area contributed by atoms with Crippen LogP contribution >= 0.6 is 0 Å². The van der Waals surface area contributed by atoms with Crippen LogP contribution in [-0.2, 0) is 26.3 Å². The van der Waals surface area contributed by atoms with Gasteiger partial charge in [0.25, 0.3) is 0 Å². The van der Waals surface area contributed by atoms with E-state index in [1.807, 2.05) is 13.8 Å². The molecule has 1 heterocycles. The molecule has 2 aromatic rings. The van der Waals surface area contributed by atoms with Crippen LogP contribution in [-0.4, -0.2) is 39.8 Å². The van der Waals surface area contributed by atoms with Crippen LogP contribution in [0.4, 0.5) is 0 Å². The molecule has 0 aliphatic rings. The van der Waals surface area contributed by atoms with Crippen molar-refractivity contribution in [1.82, 2.24) is 14.9 Å². The third-order valence-electron chi connectivity index (χ3n) is 3.48. The minimum absolute atomic E-state index is 0.154. The van der Waals surface area contributed by atoms with Crippen molar-refractivity contribution >= 4 is 19.9 Å². The van der Waals surface area contributed by atoms with Gasteiger partial charge in [0.2, 0.25) is 25.8 Å². The summed E-state index contributed by atoms with van der Waals surface area (Å²) in [6, 6.07) is 6.75. The smallest absolute Gasteiger partial charge is 0.335 e. The molecule has 0 aliphatic carbocycles. The first-order valence-corrected chi connectivity index (χ1v) is 11.1. The standard InChI is InChI=1S/C15H21N3O5S2/c1-11(2)12-6-8-13(9-7-12)25(21,22)16-10-4-5-14-17-18-15(23-14)24(3,19)20/h6-9,11,16H,4-5,10H2,1-3H3. The Balaban J connectivity index is 1.89. The maximum absolute atomic E-state index is 12.2. The molecule has 25 heavy (non-hydrogen) atoms. The summed E-state index contributed by atoms with van der Waals surface area (Å²) < 4.78 is 54.4. The minimum Gasteiger partial charge on any atom is -0.413 e. The van der Waals surface area contributed by atoms with E-state index in [9.17, 15) is 16.8 Å². The minimum atomic E-state index is -3.59. The monoisotopic (exact) mass is 387 g/mol. The van der Waals surface area contributed by atoms with Gasteiger partial charge in [0.15, 0.2) is 0 Å². The fraction of sp³-hybridized carbons (Fsp3) is 0.467. The molecule has 0 unspecified atom stereocenters. The van der Waals surface area contributed by atoms with E-state index in [0.717, 1.165) is 11.8 Å². The Bertz CT molecular complexity index is 916. The third kappa shape index (κ3) is 5.35. The van der Waals surface area contributed by atoms with Crippen molar-refractivity contribution < 1.29 is 21.3 Å². The molecule has 0 amide bonds. The number of hydrogen-bond acceptors (Lipinski definition) is 7. The summed E-state index contributed by atoms with van der Waals surface area (Å²) in [6.07, 6.45) is 1.65. The van der Waals surface area contributed by atoms with Crippen LogP contribution in [0, 0.1) is 0 Å². The van der Waals surface area contributed by atoms with E-state index in [1.165, 1.54) is 0 Å². The van der Waals surface area contributed by atoms with Gasteiger partial charge in [0.05, 0.1) is 4.90 Å². The molecule has 0 saturated carbocycles. The number of benzene rings is 1. The van der Waals surface area contributed by atoms with Crippen molar-refractivity contribution in [2.24, 2.45) is 0 Å². The van der Waals surface area contributed by atoms with Crippen LogP contribution in [0.5, 0.6) is 0 Å². The fourth-order valence-electron chi connectivity index (χ4n) is 2.05. The largest absolute Gasteiger partial charge is 0.413 e. The van der Waals surface area contributed by atoms with Gasteiger partial charge < -0.3 is 4.42 Å². The lowest BCUT2D eigenvalue weighted by Crippen LogP contribution is -2.25. The average Bonchev–Trinajstić information content (AvgIpc) is 3.01. The van der Waals surface area contributed by atoms with Crippen LogP contribution in [0.25, 0.3) is 0 Å². The molecule has 1 aromatic heterocycles. The Morgan fingerprint density at radius 1 is 1.08 bits per heavy atom. The first-order chi connectivity index (χ1) is 11.6. The van der Waals surface area contributed by atoms with Gasteiger partial charge in [-0.15, -0.1) is 5.10 Å². The molecule has 0 radical (unpaired) electrons. The SMILES string of the molecule is CC(C)c1ccc(S(=O)(=O)NCCCc2nnc(S(C)(=O)=O)o2)cc1. The maximum Gasteiger partial charge on any atom is 0.335 e. The van der Waals surface area contributed by atoms with Crippen molar-refractivity contribution in [3.63, 3.8) is 0 Å². The Morgan fingerprint density at radius 2 is 1.72 bits per heavy atom. The molecular formula is C15H21N3O5S2. The summed E-state index contributed by atoms with van der Waals surface area (Å²) in [7, 11) is -7.12. The van der Waals surface area contributed by atoms with Gasteiger partial charge in [-0.05, 0) is 30.0 Å². The molecule has 2 rings (SSSR count). The quantitative estimate of drug-likeness (QED) is 0.682. The number of rotatable bonds is 8. The highest BCUT2D eigenvalue weighted by atomic mass is 32.2. The molecule has 0 fully saturated rings. The number of aryl methyl sites for hydroxylation is 1. The third-order valence-corrected chi connectivity index (χ3v) is 5.76. The van der Waals surface area contributed by atoms with E-state index < -0.39 is 25.1 Å². The lowest BCUT2D eigenvalue weighted by atomic mass is 10.0. The maximum atomic E-state index is 12.2. The van der Waals surface area contributed by atoms with Gasteiger partial charge in [0, 0.05) is 19.2 Å². The second kappa shape index (κ2) is 7.63. The first kappa shape index (κ1) is 19.5. The summed E-state index contributed by atoms with van der Waals surface area (Å²) >= 11 is 0. The van der Waals surface area contributed by atoms with Crippen LogP contribution < -0.4 is 4.72 Å². The fourth-order valence-corrected chi connectivity index (χ4v) is 3.56. The highest BCUT2D eigenvalue weighted by molar-refractivity contribution is 7.90. The van der Waals surface area contributed by atoms with Crippen molar-refractivity contribution in [2.45, 2.75) is 42.7 Å². The predicted molar refractivity (Wildman–Crippen MR) is 91.4 cm³/mol. The Labute approximate surface area is 147 Å². The number of nitrogens with one attached hydrogen (secondary N) is 1. The lowest BCUT2D eigenvalue weighted by molar-refractivity contribution is 0.394. The molecular weight excluding hydrogens is 366 g/mol. The molecule has 8 nitrogen and oxygen atoms in total. The molecule has 0 aliphatic heterocycles. The zero-order valence-electron chi connectivity index (χ0n) is 14.3. The first-order valence-electron chi connectivity index (χ1n) is 7.71. The molecule has 1 N–H and O–H groups in total. The molecule has 10 heteroatoms. The Kier molecular flexibility index (Phi) is 5.96. The van der Waals surface area contributed by atoms with Crippen LogP contribution in [0.3, 0.4) is 0 Å². The molecule has 138 valence electrons. The van der Waals surface area contributed by atoms with E-state index in [4.69, 9.17) is 4.42 Å².